The van der Waals surface area contributed by atoms with E-state index in [1.807, 2.05) is 11.8 Å². The zero-order valence-corrected chi connectivity index (χ0v) is 20.4. The number of aryl methyl sites for hydroxylation is 1. The molecule has 0 aliphatic carbocycles. The van der Waals surface area contributed by atoms with Gasteiger partial charge in [-0.25, -0.2) is 12.8 Å². The lowest BCUT2D eigenvalue weighted by Gasteiger charge is -2.32. The Morgan fingerprint density at radius 1 is 1.12 bits per heavy atom. The molecule has 1 aromatic heterocycles. The third kappa shape index (κ3) is 4.66. The van der Waals surface area contributed by atoms with E-state index in [0.29, 0.717) is 28.7 Å². The lowest BCUT2D eigenvalue weighted by Crippen LogP contribution is -2.33. The Balaban J connectivity index is 1.90. The Morgan fingerprint density at radius 2 is 1.79 bits per heavy atom. The number of unbranched alkanes of at least 4 members (excludes halogenated alkanes) is 1. The molecule has 1 fully saturated rings. The van der Waals surface area contributed by atoms with Gasteiger partial charge < -0.3 is 9.47 Å². The summed E-state index contributed by atoms with van der Waals surface area (Å²) in [5.74, 6) is 0.102. The number of benzene rings is 2. The van der Waals surface area contributed by atoms with Gasteiger partial charge in [-0.3, -0.25) is 4.79 Å². The van der Waals surface area contributed by atoms with E-state index >= 15 is 4.39 Å². The van der Waals surface area contributed by atoms with Crippen molar-refractivity contribution in [1.82, 2.24) is 4.57 Å². The molecule has 0 radical (unpaired) electrons. The molecule has 0 unspecified atom stereocenters. The lowest BCUT2D eigenvalue weighted by molar-refractivity contribution is 0.434. The number of hydrogen-bond acceptors (Lipinski definition) is 4. The maximum atomic E-state index is 15.2. The van der Waals surface area contributed by atoms with Gasteiger partial charge >= 0.3 is 0 Å². The van der Waals surface area contributed by atoms with Crippen molar-refractivity contribution in [2.24, 2.45) is 5.92 Å². The monoisotopic (exact) mass is 490 g/mol. The summed E-state index contributed by atoms with van der Waals surface area (Å²) in [6, 6.07) is 8.59. The van der Waals surface area contributed by atoms with E-state index in [2.05, 4.69) is 6.92 Å². The third-order valence-corrected chi connectivity index (χ3v) is 8.42. The molecule has 0 atom stereocenters. The number of aromatic nitrogens is 1. The molecule has 0 spiro atoms. The molecule has 33 heavy (non-hydrogen) atoms. The topological polar surface area (TPSA) is 59.4 Å². The number of hydrogen-bond donors (Lipinski definition) is 0. The van der Waals surface area contributed by atoms with Gasteiger partial charge in [0.15, 0.2) is 0 Å². The summed E-state index contributed by atoms with van der Waals surface area (Å²) in [7, 11) is -4.10. The molecular formula is C25H28ClFN2O3S. The van der Waals surface area contributed by atoms with E-state index in [9.17, 15) is 13.2 Å². The molecule has 2 aromatic carbocycles. The first-order valence-electron chi connectivity index (χ1n) is 11.3. The van der Waals surface area contributed by atoms with Crippen LogP contribution in [0.5, 0.6) is 0 Å². The molecule has 1 aliphatic heterocycles. The highest BCUT2D eigenvalue weighted by atomic mass is 35.5. The first kappa shape index (κ1) is 23.8. The average molecular weight is 491 g/mol. The third-order valence-electron chi connectivity index (χ3n) is 6.41. The van der Waals surface area contributed by atoms with Crippen molar-refractivity contribution in [3.63, 3.8) is 0 Å². The number of rotatable bonds is 6. The van der Waals surface area contributed by atoms with Gasteiger partial charge in [0.2, 0.25) is 15.3 Å². The molecule has 0 N–H and O–H groups in total. The molecule has 1 aliphatic rings. The van der Waals surface area contributed by atoms with E-state index in [1.54, 1.807) is 10.6 Å². The molecule has 0 amide bonds. The van der Waals surface area contributed by atoms with Crippen LogP contribution < -0.4 is 10.3 Å². The van der Waals surface area contributed by atoms with Crippen molar-refractivity contribution < 1.29 is 12.8 Å². The Kier molecular flexibility index (Phi) is 6.82. The van der Waals surface area contributed by atoms with Crippen molar-refractivity contribution in [2.45, 2.75) is 55.9 Å². The molecule has 176 valence electrons. The summed E-state index contributed by atoms with van der Waals surface area (Å²) in [4.78, 5) is 15.0. The van der Waals surface area contributed by atoms with Crippen molar-refractivity contribution in [3.8, 4) is 0 Å². The Bertz CT molecular complexity index is 1330. The number of halogens is 2. The SMILES string of the molecule is CCCCn1cc(S(=O)(=O)c2ccc(Cl)cc2)c(=O)c2cc(F)c(N3CCC(C)CC3)cc21. The molecule has 5 nitrogen and oxygen atoms in total. The first-order chi connectivity index (χ1) is 15.7. The van der Waals surface area contributed by atoms with Crippen LogP contribution in [0.15, 0.2) is 57.2 Å². The van der Waals surface area contributed by atoms with Crippen LogP contribution in [0.4, 0.5) is 10.1 Å². The Labute approximate surface area is 198 Å². The van der Waals surface area contributed by atoms with Gasteiger partial charge in [-0.15, -0.1) is 0 Å². The van der Waals surface area contributed by atoms with Crippen LogP contribution in [-0.2, 0) is 16.4 Å². The molecular weight excluding hydrogens is 463 g/mol. The molecule has 0 saturated carbocycles. The number of anilines is 1. The molecule has 0 bridgehead atoms. The van der Waals surface area contributed by atoms with Crippen LogP contribution in [-0.4, -0.2) is 26.1 Å². The van der Waals surface area contributed by atoms with Gasteiger partial charge in [-0.05, 0) is 61.6 Å². The minimum absolute atomic E-state index is 0.0232. The van der Waals surface area contributed by atoms with Crippen LogP contribution >= 0.6 is 11.6 Å². The normalized spacial score (nSPS) is 15.3. The number of piperidine rings is 1. The van der Waals surface area contributed by atoms with Gasteiger partial charge in [0.25, 0.3) is 0 Å². The van der Waals surface area contributed by atoms with Crippen molar-refractivity contribution in [2.75, 3.05) is 18.0 Å². The number of nitrogens with zero attached hydrogens (tertiary/aromatic N) is 2. The second-order valence-electron chi connectivity index (χ2n) is 8.82. The highest BCUT2D eigenvalue weighted by Crippen LogP contribution is 2.30. The zero-order valence-electron chi connectivity index (χ0n) is 18.9. The van der Waals surface area contributed by atoms with E-state index in [4.69, 9.17) is 11.6 Å². The smallest absolute Gasteiger partial charge is 0.211 e. The maximum Gasteiger partial charge on any atom is 0.211 e. The van der Waals surface area contributed by atoms with Crippen molar-refractivity contribution in [1.29, 1.82) is 0 Å². The summed E-state index contributed by atoms with van der Waals surface area (Å²) in [6.07, 6.45) is 5.07. The van der Waals surface area contributed by atoms with E-state index in [0.717, 1.165) is 38.8 Å². The van der Waals surface area contributed by atoms with Gasteiger partial charge in [-0.1, -0.05) is 31.9 Å². The average Bonchev–Trinajstić information content (AvgIpc) is 2.79. The molecule has 1 saturated heterocycles. The zero-order chi connectivity index (χ0) is 23.8. The predicted molar refractivity (Wildman–Crippen MR) is 131 cm³/mol. The molecule has 4 rings (SSSR count). The first-order valence-corrected chi connectivity index (χ1v) is 13.2. The van der Waals surface area contributed by atoms with Gasteiger partial charge in [0.1, 0.15) is 10.7 Å². The maximum absolute atomic E-state index is 15.2. The number of fused-ring (bicyclic) bond motifs is 1. The van der Waals surface area contributed by atoms with Crippen LogP contribution in [0.25, 0.3) is 10.9 Å². The summed E-state index contributed by atoms with van der Waals surface area (Å²) in [5.41, 5.74) is 0.330. The number of pyridine rings is 1. The minimum Gasteiger partial charge on any atom is -0.369 e. The fourth-order valence-electron chi connectivity index (χ4n) is 4.31. The van der Waals surface area contributed by atoms with Crippen LogP contribution in [0, 0.1) is 11.7 Å². The second kappa shape index (κ2) is 9.47. The van der Waals surface area contributed by atoms with Crippen LogP contribution in [0.1, 0.15) is 39.5 Å². The quantitative estimate of drug-likeness (QED) is 0.447. The highest BCUT2D eigenvalue weighted by molar-refractivity contribution is 7.91. The molecule has 2 heterocycles. The summed E-state index contributed by atoms with van der Waals surface area (Å²) in [5, 5.41) is 0.474. The van der Waals surface area contributed by atoms with E-state index in [-0.39, 0.29) is 15.2 Å². The molecule has 3 aromatic rings. The van der Waals surface area contributed by atoms with Crippen LogP contribution in [0.2, 0.25) is 5.02 Å². The fourth-order valence-corrected chi connectivity index (χ4v) is 5.80. The standard InChI is InChI=1S/C25H28ClFN2O3S/c1-3-4-11-29-16-24(33(31,32)19-7-5-18(26)6-8-19)25(30)20-14-21(27)23(15-22(20)29)28-12-9-17(2)10-13-28/h5-8,14-17H,3-4,9-13H2,1-2H3. The van der Waals surface area contributed by atoms with E-state index in [1.165, 1.54) is 36.5 Å². The van der Waals surface area contributed by atoms with Crippen LogP contribution in [0.3, 0.4) is 0 Å². The fraction of sp³-hybridized carbons (Fsp3) is 0.400. The van der Waals surface area contributed by atoms with Gasteiger partial charge in [0.05, 0.1) is 21.5 Å². The number of sulfone groups is 1. The lowest BCUT2D eigenvalue weighted by atomic mass is 9.98. The minimum atomic E-state index is -4.10. The van der Waals surface area contributed by atoms with Gasteiger partial charge in [-0.2, -0.15) is 0 Å². The Hall–Kier alpha value is -2.38. The highest BCUT2D eigenvalue weighted by Gasteiger charge is 2.26. The van der Waals surface area contributed by atoms with E-state index < -0.39 is 21.1 Å². The summed E-state index contributed by atoms with van der Waals surface area (Å²) in [6.45, 7) is 6.27. The van der Waals surface area contributed by atoms with Gasteiger partial charge in [0, 0.05) is 30.9 Å². The van der Waals surface area contributed by atoms with Crippen molar-refractivity contribution >= 4 is 38.0 Å². The Morgan fingerprint density at radius 3 is 2.42 bits per heavy atom. The summed E-state index contributed by atoms with van der Waals surface area (Å²) < 4.78 is 43.6. The second-order valence-corrected chi connectivity index (χ2v) is 11.2. The predicted octanol–water partition coefficient (Wildman–Crippen LogP) is 5.66. The molecule has 8 heteroatoms. The largest absolute Gasteiger partial charge is 0.369 e. The summed E-state index contributed by atoms with van der Waals surface area (Å²) >= 11 is 5.90. The van der Waals surface area contributed by atoms with Crippen molar-refractivity contribution in [3.05, 3.63) is 63.7 Å².